The van der Waals surface area contributed by atoms with Crippen molar-refractivity contribution in [3.8, 4) is 0 Å². The molecule has 1 saturated heterocycles. The number of carboxylic acids is 1. The summed E-state index contributed by atoms with van der Waals surface area (Å²) < 4.78 is 44.2. The number of rotatable bonds is 5. The fourth-order valence-electron chi connectivity index (χ4n) is 2.01. The number of benzene rings is 1. The van der Waals surface area contributed by atoms with Crippen LogP contribution in [0.2, 0.25) is 0 Å². The van der Waals surface area contributed by atoms with Gasteiger partial charge in [-0.3, -0.25) is 4.79 Å². The standard InChI is InChI=1S/C12H14FNO5S/c13-9-1-3-10(4-2-9)20(17,18)14-11(12(15)16)8-5-6-19-7-8/h1-4,8,11,14H,5-7H2,(H,15,16). The molecule has 0 spiro atoms. The monoisotopic (exact) mass is 303 g/mol. The second kappa shape index (κ2) is 5.86. The molecule has 0 aromatic heterocycles. The number of ether oxygens (including phenoxy) is 1. The molecule has 0 saturated carbocycles. The van der Waals surface area contributed by atoms with Crippen LogP contribution in [-0.4, -0.2) is 38.7 Å². The summed E-state index contributed by atoms with van der Waals surface area (Å²) in [6, 6.07) is 2.92. The number of halogens is 1. The van der Waals surface area contributed by atoms with E-state index in [0.717, 1.165) is 24.3 Å². The predicted octanol–water partition coefficient (Wildman–Crippen LogP) is 0.594. The van der Waals surface area contributed by atoms with E-state index in [1.807, 2.05) is 0 Å². The lowest BCUT2D eigenvalue weighted by atomic mass is 10.0. The smallest absolute Gasteiger partial charge is 0.322 e. The molecular weight excluding hydrogens is 289 g/mol. The van der Waals surface area contributed by atoms with E-state index >= 15 is 0 Å². The van der Waals surface area contributed by atoms with Gasteiger partial charge in [-0.1, -0.05) is 0 Å². The zero-order chi connectivity index (χ0) is 14.8. The summed E-state index contributed by atoms with van der Waals surface area (Å²) in [6.07, 6.45) is 0.475. The lowest BCUT2D eigenvalue weighted by Gasteiger charge is -2.19. The van der Waals surface area contributed by atoms with Crippen molar-refractivity contribution >= 4 is 16.0 Å². The summed E-state index contributed by atoms with van der Waals surface area (Å²) >= 11 is 0. The highest BCUT2D eigenvalue weighted by Crippen LogP contribution is 2.19. The van der Waals surface area contributed by atoms with Crippen LogP contribution in [0.3, 0.4) is 0 Å². The van der Waals surface area contributed by atoms with Crippen LogP contribution in [0.1, 0.15) is 6.42 Å². The van der Waals surface area contributed by atoms with Gasteiger partial charge in [-0.2, -0.15) is 4.72 Å². The van der Waals surface area contributed by atoms with E-state index in [2.05, 4.69) is 4.72 Å². The normalized spacial score (nSPS) is 20.8. The van der Waals surface area contributed by atoms with Crippen molar-refractivity contribution in [2.45, 2.75) is 17.4 Å². The largest absolute Gasteiger partial charge is 0.480 e. The predicted molar refractivity (Wildman–Crippen MR) is 67.1 cm³/mol. The van der Waals surface area contributed by atoms with Gasteiger partial charge >= 0.3 is 5.97 Å². The minimum Gasteiger partial charge on any atom is -0.480 e. The summed E-state index contributed by atoms with van der Waals surface area (Å²) in [6.45, 7) is 0.607. The Morgan fingerprint density at radius 3 is 2.55 bits per heavy atom. The molecule has 8 heteroatoms. The van der Waals surface area contributed by atoms with Gasteiger partial charge in [0.25, 0.3) is 0 Å². The molecule has 1 aromatic carbocycles. The van der Waals surface area contributed by atoms with Gasteiger partial charge < -0.3 is 9.84 Å². The first-order valence-electron chi connectivity index (χ1n) is 5.98. The Labute approximate surface area is 115 Å². The molecule has 1 heterocycles. The fourth-order valence-corrected chi connectivity index (χ4v) is 3.27. The molecule has 0 bridgehead atoms. The highest BCUT2D eigenvalue weighted by molar-refractivity contribution is 7.89. The Hall–Kier alpha value is -1.51. The average molecular weight is 303 g/mol. The number of sulfonamides is 1. The van der Waals surface area contributed by atoms with Gasteiger partial charge in [-0.05, 0) is 30.7 Å². The van der Waals surface area contributed by atoms with Crippen molar-refractivity contribution in [2.75, 3.05) is 13.2 Å². The molecule has 0 radical (unpaired) electrons. The van der Waals surface area contributed by atoms with E-state index < -0.39 is 33.8 Å². The summed E-state index contributed by atoms with van der Waals surface area (Å²) in [4.78, 5) is 11.0. The summed E-state index contributed by atoms with van der Waals surface area (Å²) in [5.74, 6) is -2.24. The summed E-state index contributed by atoms with van der Waals surface area (Å²) in [5, 5.41) is 9.15. The van der Waals surface area contributed by atoms with E-state index in [9.17, 15) is 17.6 Å². The van der Waals surface area contributed by atoms with Gasteiger partial charge in [0.1, 0.15) is 11.9 Å². The minimum absolute atomic E-state index is 0.177. The Morgan fingerprint density at radius 1 is 1.40 bits per heavy atom. The number of hydrogen-bond acceptors (Lipinski definition) is 4. The van der Waals surface area contributed by atoms with Crippen LogP contribution in [0.25, 0.3) is 0 Å². The number of nitrogens with one attached hydrogen (secondary N) is 1. The van der Waals surface area contributed by atoms with Crippen LogP contribution in [0, 0.1) is 11.7 Å². The molecule has 2 N–H and O–H groups in total. The van der Waals surface area contributed by atoms with Crippen LogP contribution in [-0.2, 0) is 19.6 Å². The van der Waals surface area contributed by atoms with Gasteiger partial charge in [0.2, 0.25) is 10.0 Å². The minimum atomic E-state index is -4.01. The first-order valence-corrected chi connectivity index (χ1v) is 7.47. The third-order valence-electron chi connectivity index (χ3n) is 3.11. The van der Waals surface area contributed by atoms with Gasteiger partial charge in [-0.25, -0.2) is 12.8 Å². The second-order valence-corrected chi connectivity index (χ2v) is 6.23. The van der Waals surface area contributed by atoms with Crippen molar-refractivity contribution in [3.63, 3.8) is 0 Å². The Morgan fingerprint density at radius 2 is 2.05 bits per heavy atom. The summed E-state index contributed by atoms with van der Waals surface area (Å²) in [5.41, 5.74) is 0. The van der Waals surface area contributed by atoms with Crippen molar-refractivity contribution in [1.29, 1.82) is 0 Å². The molecule has 2 rings (SSSR count). The highest BCUT2D eigenvalue weighted by Gasteiger charge is 2.34. The van der Waals surface area contributed by atoms with E-state index in [0.29, 0.717) is 13.0 Å². The van der Waals surface area contributed by atoms with Gasteiger partial charge in [0, 0.05) is 12.5 Å². The molecule has 0 amide bonds. The maximum Gasteiger partial charge on any atom is 0.322 e. The van der Waals surface area contributed by atoms with Crippen molar-refractivity contribution in [1.82, 2.24) is 4.72 Å². The first kappa shape index (κ1) is 14.9. The second-order valence-electron chi connectivity index (χ2n) is 4.51. The van der Waals surface area contributed by atoms with Crippen LogP contribution in [0.4, 0.5) is 4.39 Å². The molecule has 1 aliphatic heterocycles. The van der Waals surface area contributed by atoms with E-state index in [-0.39, 0.29) is 11.5 Å². The third-order valence-corrected chi connectivity index (χ3v) is 4.57. The number of aliphatic carboxylic acids is 1. The van der Waals surface area contributed by atoms with Crippen molar-refractivity contribution < 1.29 is 27.4 Å². The topological polar surface area (TPSA) is 92.7 Å². The maximum atomic E-state index is 12.8. The van der Waals surface area contributed by atoms with Crippen LogP contribution < -0.4 is 4.72 Å². The number of carbonyl (C=O) groups is 1. The lowest BCUT2D eigenvalue weighted by Crippen LogP contribution is -2.46. The van der Waals surface area contributed by atoms with E-state index in [1.165, 1.54) is 0 Å². The van der Waals surface area contributed by atoms with E-state index in [4.69, 9.17) is 9.84 Å². The summed E-state index contributed by atoms with van der Waals surface area (Å²) in [7, 11) is -4.01. The quantitative estimate of drug-likeness (QED) is 0.830. The molecule has 1 aliphatic rings. The molecule has 20 heavy (non-hydrogen) atoms. The molecule has 2 unspecified atom stereocenters. The third kappa shape index (κ3) is 3.33. The molecule has 0 aliphatic carbocycles. The SMILES string of the molecule is O=C(O)C(NS(=O)(=O)c1ccc(F)cc1)C1CCOC1. The average Bonchev–Trinajstić information content (AvgIpc) is 2.90. The van der Waals surface area contributed by atoms with Gasteiger partial charge in [0.05, 0.1) is 11.5 Å². The molecular formula is C12H14FNO5S. The van der Waals surface area contributed by atoms with Gasteiger partial charge in [-0.15, -0.1) is 0 Å². The zero-order valence-electron chi connectivity index (χ0n) is 10.5. The lowest BCUT2D eigenvalue weighted by molar-refractivity contribution is -0.140. The number of hydrogen-bond donors (Lipinski definition) is 2. The first-order chi connectivity index (χ1) is 9.40. The van der Waals surface area contributed by atoms with Crippen molar-refractivity contribution in [3.05, 3.63) is 30.1 Å². The molecule has 110 valence electrons. The Bertz CT molecular complexity index is 580. The van der Waals surface area contributed by atoms with Crippen LogP contribution in [0.15, 0.2) is 29.2 Å². The number of carboxylic acid groups (broad SMARTS) is 1. The van der Waals surface area contributed by atoms with Crippen LogP contribution in [0.5, 0.6) is 0 Å². The maximum absolute atomic E-state index is 12.8. The van der Waals surface area contributed by atoms with Crippen molar-refractivity contribution in [2.24, 2.45) is 5.92 Å². The fraction of sp³-hybridized carbons (Fsp3) is 0.417. The highest BCUT2D eigenvalue weighted by atomic mass is 32.2. The van der Waals surface area contributed by atoms with Crippen LogP contribution >= 0.6 is 0 Å². The van der Waals surface area contributed by atoms with Gasteiger partial charge in [0.15, 0.2) is 0 Å². The Kier molecular flexibility index (Phi) is 4.36. The molecule has 1 fully saturated rings. The zero-order valence-corrected chi connectivity index (χ0v) is 11.3. The molecule has 2 atom stereocenters. The molecule has 1 aromatic rings. The Balaban J connectivity index is 2.20. The molecule has 6 nitrogen and oxygen atoms in total. The van der Waals surface area contributed by atoms with E-state index in [1.54, 1.807) is 0 Å².